The van der Waals surface area contributed by atoms with E-state index in [9.17, 15) is 14.7 Å². The Kier molecular flexibility index (Phi) is 6.46. The van der Waals surface area contributed by atoms with E-state index >= 15 is 0 Å². The fraction of sp³-hybridized carbons (Fsp3) is 0.333. The maximum atomic E-state index is 11.9. The SMILES string of the molecule is C=CC[C@H](C(=O)OCc1ccccc1)[C@H](O)C(=O)OC. The molecule has 5 nitrogen and oxygen atoms in total. The van der Waals surface area contributed by atoms with Crippen LogP contribution in [0.15, 0.2) is 43.0 Å². The molecule has 0 saturated heterocycles. The zero-order valence-electron chi connectivity index (χ0n) is 11.3. The van der Waals surface area contributed by atoms with Crippen LogP contribution in [0.2, 0.25) is 0 Å². The Morgan fingerprint density at radius 3 is 2.50 bits per heavy atom. The van der Waals surface area contributed by atoms with Crippen LogP contribution in [-0.2, 0) is 25.7 Å². The van der Waals surface area contributed by atoms with E-state index in [2.05, 4.69) is 11.3 Å². The molecule has 0 aromatic heterocycles. The number of ether oxygens (including phenoxy) is 2. The Morgan fingerprint density at radius 2 is 1.95 bits per heavy atom. The maximum absolute atomic E-state index is 11.9. The lowest BCUT2D eigenvalue weighted by Gasteiger charge is -2.18. The summed E-state index contributed by atoms with van der Waals surface area (Å²) in [5.74, 6) is -2.54. The second kappa shape index (κ2) is 8.12. The smallest absolute Gasteiger partial charge is 0.335 e. The molecule has 1 aromatic rings. The number of carbonyl (C=O) groups excluding carboxylic acids is 2. The van der Waals surface area contributed by atoms with Crippen molar-refractivity contribution >= 4 is 11.9 Å². The van der Waals surface area contributed by atoms with Gasteiger partial charge in [-0.25, -0.2) is 4.79 Å². The second-order valence-electron chi connectivity index (χ2n) is 4.19. The average Bonchev–Trinajstić information content (AvgIpc) is 2.49. The molecule has 108 valence electrons. The summed E-state index contributed by atoms with van der Waals surface area (Å²) in [6.45, 7) is 3.58. The lowest BCUT2D eigenvalue weighted by molar-refractivity contribution is -0.165. The van der Waals surface area contributed by atoms with Crippen molar-refractivity contribution in [2.24, 2.45) is 5.92 Å². The molecule has 1 N–H and O–H groups in total. The molecule has 0 aliphatic heterocycles. The first kappa shape index (κ1) is 15.9. The van der Waals surface area contributed by atoms with Gasteiger partial charge in [0.05, 0.1) is 13.0 Å². The number of allylic oxidation sites excluding steroid dienone is 1. The number of aliphatic hydroxyl groups is 1. The summed E-state index contributed by atoms with van der Waals surface area (Å²) < 4.78 is 9.53. The number of carbonyl (C=O) groups is 2. The van der Waals surface area contributed by atoms with Crippen molar-refractivity contribution in [1.82, 2.24) is 0 Å². The van der Waals surface area contributed by atoms with Crippen molar-refractivity contribution in [2.75, 3.05) is 7.11 Å². The highest BCUT2D eigenvalue weighted by atomic mass is 16.5. The van der Waals surface area contributed by atoms with Gasteiger partial charge in [0, 0.05) is 0 Å². The monoisotopic (exact) mass is 278 g/mol. The number of hydrogen-bond acceptors (Lipinski definition) is 5. The fourth-order valence-electron chi connectivity index (χ4n) is 1.65. The van der Waals surface area contributed by atoms with E-state index in [-0.39, 0.29) is 13.0 Å². The van der Waals surface area contributed by atoms with Gasteiger partial charge in [-0.05, 0) is 12.0 Å². The van der Waals surface area contributed by atoms with Crippen LogP contribution in [0.3, 0.4) is 0 Å². The number of aliphatic hydroxyl groups excluding tert-OH is 1. The molecule has 20 heavy (non-hydrogen) atoms. The maximum Gasteiger partial charge on any atom is 0.335 e. The van der Waals surface area contributed by atoms with Crippen molar-refractivity contribution in [1.29, 1.82) is 0 Å². The molecule has 1 rings (SSSR count). The average molecular weight is 278 g/mol. The van der Waals surface area contributed by atoms with Gasteiger partial charge in [0.1, 0.15) is 6.61 Å². The summed E-state index contributed by atoms with van der Waals surface area (Å²) in [6, 6.07) is 9.13. The van der Waals surface area contributed by atoms with Gasteiger partial charge in [0.25, 0.3) is 0 Å². The Labute approximate surface area is 117 Å². The highest BCUT2D eigenvalue weighted by Crippen LogP contribution is 2.15. The van der Waals surface area contributed by atoms with Gasteiger partial charge in [-0.15, -0.1) is 6.58 Å². The lowest BCUT2D eigenvalue weighted by Crippen LogP contribution is -2.36. The molecule has 0 saturated carbocycles. The van der Waals surface area contributed by atoms with Crippen LogP contribution in [0.1, 0.15) is 12.0 Å². The van der Waals surface area contributed by atoms with Crippen molar-refractivity contribution in [3.05, 3.63) is 48.6 Å². The molecule has 0 aliphatic rings. The Bertz CT molecular complexity index is 455. The molecule has 1 aromatic carbocycles. The normalized spacial score (nSPS) is 13.1. The van der Waals surface area contributed by atoms with E-state index in [1.165, 1.54) is 6.08 Å². The second-order valence-corrected chi connectivity index (χ2v) is 4.19. The standard InChI is InChI=1S/C15H18O5/c1-3-7-12(13(16)15(18)19-2)14(17)20-10-11-8-5-4-6-9-11/h3-6,8-9,12-13,16H,1,7,10H2,2H3/t12-,13-/m0/s1. The van der Waals surface area contributed by atoms with Gasteiger partial charge in [0.2, 0.25) is 0 Å². The third-order valence-electron chi connectivity index (χ3n) is 2.77. The van der Waals surface area contributed by atoms with E-state index in [1.54, 1.807) is 0 Å². The molecular formula is C15H18O5. The van der Waals surface area contributed by atoms with E-state index in [0.717, 1.165) is 12.7 Å². The zero-order chi connectivity index (χ0) is 15.0. The number of esters is 2. The Morgan fingerprint density at radius 1 is 1.30 bits per heavy atom. The summed E-state index contributed by atoms with van der Waals surface area (Å²) in [6.07, 6.45) is 0.0195. The molecule has 0 amide bonds. The van der Waals surface area contributed by atoms with Gasteiger partial charge < -0.3 is 14.6 Å². The molecular weight excluding hydrogens is 260 g/mol. The van der Waals surface area contributed by atoms with Crippen LogP contribution in [0.4, 0.5) is 0 Å². The number of methoxy groups -OCH3 is 1. The predicted molar refractivity (Wildman–Crippen MR) is 72.6 cm³/mol. The topological polar surface area (TPSA) is 72.8 Å². The largest absolute Gasteiger partial charge is 0.467 e. The minimum absolute atomic E-state index is 0.0845. The number of rotatable bonds is 7. The van der Waals surface area contributed by atoms with Crippen molar-refractivity contribution in [2.45, 2.75) is 19.1 Å². The first-order valence-electron chi connectivity index (χ1n) is 6.17. The molecule has 0 aliphatic carbocycles. The van der Waals surface area contributed by atoms with E-state index < -0.39 is 24.0 Å². The molecule has 0 unspecified atom stereocenters. The van der Waals surface area contributed by atoms with Gasteiger partial charge in [-0.3, -0.25) is 4.79 Å². The van der Waals surface area contributed by atoms with Gasteiger partial charge in [0.15, 0.2) is 6.10 Å². The molecule has 0 spiro atoms. The zero-order valence-corrected chi connectivity index (χ0v) is 11.3. The highest BCUT2D eigenvalue weighted by Gasteiger charge is 2.33. The Balaban J connectivity index is 2.64. The third kappa shape index (κ3) is 4.51. The summed E-state index contributed by atoms with van der Waals surface area (Å²) >= 11 is 0. The summed E-state index contributed by atoms with van der Waals surface area (Å²) in [5, 5.41) is 9.75. The van der Waals surface area contributed by atoms with Gasteiger partial charge >= 0.3 is 11.9 Å². The summed E-state index contributed by atoms with van der Waals surface area (Å²) in [7, 11) is 1.14. The van der Waals surface area contributed by atoms with Crippen LogP contribution in [0.5, 0.6) is 0 Å². The first-order valence-corrected chi connectivity index (χ1v) is 6.17. The molecule has 0 fully saturated rings. The fourth-order valence-corrected chi connectivity index (χ4v) is 1.65. The van der Waals surface area contributed by atoms with Crippen molar-refractivity contribution < 1.29 is 24.2 Å². The highest BCUT2D eigenvalue weighted by molar-refractivity contribution is 5.83. The Hall–Kier alpha value is -2.14. The number of benzene rings is 1. The van der Waals surface area contributed by atoms with E-state index in [1.807, 2.05) is 30.3 Å². The first-order chi connectivity index (χ1) is 9.60. The van der Waals surface area contributed by atoms with Crippen LogP contribution in [0.25, 0.3) is 0 Å². The predicted octanol–water partition coefficient (Wildman–Crippen LogP) is 1.46. The molecule has 0 bridgehead atoms. The quantitative estimate of drug-likeness (QED) is 0.604. The number of hydrogen-bond donors (Lipinski definition) is 1. The van der Waals surface area contributed by atoms with Crippen molar-refractivity contribution in [3.63, 3.8) is 0 Å². The lowest BCUT2D eigenvalue weighted by atomic mass is 9.99. The summed E-state index contributed by atoms with van der Waals surface area (Å²) in [4.78, 5) is 23.2. The van der Waals surface area contributed by atoms with Crippen LogP contribution in [0, 0.1) is 5.92 Å². The summed E-state index contributed by atoms with van der Waals surface area (Å²) in [5.41, 5.74) is 0.825. The van der Waals surface area contributed by atoms with Crippen LogP contribution < -0.4 is 0 Å². The molecule has 5 heteroatoms. The minimum atomic E-state index is -1.55. The van der Waals surface area contributed by atoms with Gasteiger partial charge in [-0.2, -0.15) is 0 Å². The third-order valence-corrected chi connectivity index (χ3v) is 2.77. The van der Waals surface area contributed by atoms with Crippen LogP contribution in [-0.4, -0.2) is 30.3 Å². The molecule has 0 radical (unpaired) electrons. The van der Waals surface area contributed by atoms with E-state index in [4.69, 9.17) is 4.74 Å². The van der Waals surface area contributed by atoms with Gasteiger partial charge in [-0.1, -0.05) is 36.4 Å². The molecule has 0 heterocycles. The van der Waals surface area contributed by atoms with Crippen molar-refractivity contribution in [3.8, 4) is 0 Å². The minimum Gasteiger partial charge on any atom is -0.467 e. The van der Waals surface area contributed by atoms with E-state index in [0.29, 0.717) is 0 Å². The van der Waals surface area contributed by atoms with Crippen LogP contribution >= 0.6 is 0 Å². The molecule has 2 atom stereocenters.